The van der Waals surface area contributed by atoms with E-state index >= 15 is 0 Å². The van der Waals surface area contributed by atoms with Crippen molar-refractivity contribution in [3.05, 3.63) is 10.2 Å². The number of sulfonamides is 1. The van der Waals surface area contributed by atoms with Gasteiger partial charge in [0.2, 0.25) is 0 Å². The van der Waals surface area contributed by atoms with Crippen molar-refractivity contribution in [3.8, 4) is 6.07 Å². The molecule has 0 bridgehead atoms. The topological polar surface area (TPSA) is 82.8 Å². The van der Waals surface area contributed by atoms with Crippen LogP contribution >= 0.6 is 22.9 Å². The van der Waals surface area contributed by atoms with Gasteiger partial charge < -0.3 is 0 Å². The van der Waals surface area contributed by atoms with E-state index in [0.29, 0.717) is 5.69 Å². The molecule has 16 heavy (non-hydrogen) atoms. The Kier molecular flexibility index (Phi) is 4.27. The van der Waals surface area contributed by atoms with Crippen LogP contribution in [0.5, 0.6) is 0 Å². The van der Waals surface area contributed by atoms with Gasteiger partial charge in [0.25, 0.3) is 10.0 Å². The highest BCUT2D eigenvalue weighted by Crippen LogP contribution is 2.26. The molecule has 0 amide bonds. The SMILES string of the molecule is Cc1nc(Cl)sc1S(=O)(=O)NCC(C)C#N. The highest BCUT2D eigenvalue weighted by molar-refractivity contribution is 7.91. The number of hydrogen-bond donors (Lipinski definition) is 1. The van der Waals surface area contributed by atoms with E-state index in [9.17, 15) is 8.42 Å². The van der Waals surface area contributed by atoms with Crippen LogP contribution in [0.3, 0.4) is 0 Å². The Labute approximate surface area is 103 Å². The van der Waals surface area contributed by atoms with E-state index in [2.05, 4.69) is 9.71 Å². The van der Waals surface area contributed by atoms with E-state index in [4.69, 9.17) is 16.9 Å². The third-order valence-corrected chi connectivity index (χ3v) is 5.07. The lowest BCUT2D eigenvalue weighted by atomic mass is 10.2. The summed E-state index contributed by atoms with van der Waals surface area (Å²) < 4.78 is 26.2. The number of halogens is 1. The van der Waals surface area contributed by atoms with Crippen molar-refractivity contribution in [2.75, 3.05) is 6.54 Å². The molecule has 1 aromatic heterocycles. The largest absolute Gasteiger partial charge is 0.252 e. The first-order valence-corrected chi connectivity index (χ1v) is 7.07. The number of thiazole rings is 1. The molecule has 0 aliphatic heterocycles. The zero-order valence-corrected chi connectivity index (χ0v) is 11.1. The number of nitrogens with one attached hydrogen (secondary N) is 1. The average molecular weight is 280 g/mol. The normalized spacial score (nSPS) is 13.4. The Morgan fingerprint density at radius 1 is 1.69 bits per heavy atom. The first kappa shape index (κ1) is 13.4. The van der Waals surface area contributed by atoms with Crippen molar-refractivity contribution in [1.82, 2.24) is 9.71 Å². The lowest BCUT2D eigenvalue weighted by Gasteiger charge is -2.05. The van der Waals surface area contributed by atoms with Crippen molar-refractivity contribution in [2.45, 2.75) is 18.1 Å². The Morgan fingerprint density at radius 3 is 2.75 bits per heavy atom. The second-order valence-electron chi connectivity index (χ2n) is 3.22. The molecule has 0 spiro atoms. The summed E-state index contributed by atoms with van der Waals surface area (Å²) in [4.78, 5) is 3.82. The summed E-state index contributed by atoms with van der Waals surface area (Å²) in [6.07, 6.45) is 0. The lowest BCUT2D eigenvalue weighted by molar-refractivity contribution is 0.574. The maximum absolute atomic E-state index is 11.8. The molecule has 1 heterocycles. The smallest absolute Gasteiger partial charge is 0.229 e. The molecule has 1 rings (SSSR count). The molecule has 0 fully saturated rings. The lowest BCUT2D eigenvalue weighted by Crippen LogP contribution is -2.27. The molecule has 5 nitrogen and oxygen atoms in total. The van der Waals surface area contributed by atoms with E-state index in [0.717, 1.165) is 11.3 Å². The average Bonchev–Trinajstić information content (AvgIpc) is 2.55. The molecular formula is C8H10ClN3O2S2. The number of nitriles is 1. The quantitative estimate of drug-likeness (QED) is 0.906. The molecule has 0 saturated carbocycles. The monoisotopic (exact) mass is 279 g/mol. The van der Waals surface area contributed by atoms with Crippen LogP contribution in [0, 0.1) is 24.2 Å². The summed E-state index contributed by atoms with van der Waals surface area (Å²) in [6, 6.07) is 1.94. The van der Waals surface area contributed by atoms with Gasteiger partial charge in [-0.1, -0.05) is 22.9 Å². The van der Waals surface area contributed by atoms with Crippen LogP contribution in [0.1, 0.15) is 12.6 Å². The van der Waals surface area contributed by atoms with Gasteiger partial charge in [-0.15, -0.1) is 0 Å². The summed E-state index contributed by atoms with van der Waals surface area (Å²) in [6.45, 7) is 3.29. The first-order valence-electron chi connectivity index (χ1n) is 4.39. The third kappa shape index (κ3) is 3.15. The standard InChI is InChI=1S/C8H10ClN3O2S2/c1-5(3-10)4-11-16(13,14)7-6(2)12-8(9)15-7/h5,11H,4H2,1-2H3. The fourth-order valence-electron chi connectivity index (χ4n) is 0.946. The molecule has 0 aliphatic rings. The molecule has 1 atom stereocenters. The predicted molar refractivity (Wildman–Crippen MR) is 61.8 cm³/mol. The van der Waals surface area contributed by atoms with Crippen LogP contribution in [0.2, 0.25) is 4.47 Å². The van der Waals surface area contributed by atoms with Gasteiger partial charge in [-0.05, 0) is 13.8 Å². The molecule has 0 saturated heterocycles. The zero-order chi connectivity index (χ0) is 12.3. The fourth-order valence-corrected chi connectivity index (χ4v) is 3.86. The van der Waals surface area contributed by atoms with Gasteiger partial charge in [-0.3, -0.25) is 0 Å². The second-order valence-corrected chi connectivity index (χ2v) is 6.77. The molecule has 0 radical (unpaired) electrons. The minimum absolute atomic E-state index is 0.0772. The highest BCUT2D eigenvalue weighted by Gasteiger charge is 2.21. The van der Waals surface area contributed by atoms with E-state index in [1.54, 1.807) is 13.8 Å². The van der Waals surface area contributed by atoms with Gasteiger partial charge in [-0.2, -0.15) is 5.26 Å². The summed E-state index contributed by atoms with van der Waals surface area (Å²) in [5.41, 5.74) is 0.368. The molecule has 1 unspecified atom stereocenters. The number of aryl methyl sites for hydroxylation is 1. The van der Waals surface area contributed by atoms with Gasteiger partial charge in [0.1, 0.15) is 0 Å². The minimum atomic E-state index is -3.60. The zero-order valence-electron chi connectivity index (χ0n) is 8.69. The van der Waals surface area contributed by atoms with Crippen LogP contribution in [-0.4, -0.2) is 19.9 Å². The predicted octanol–water partition coefficient (Wildman–Crippen LogP) is 1.54. The van der Waals surface area contributed by atoms with Crippen LogP contribution in [0.4, 0.5) is 0 Å². The molecule has 1 N–H and O–H groups in total. The summed E-state index contributed by atoms with van der Waals surface area (Å²) >= 11 is 6.53. The van der Waals surface area contributed by atoms with Crippen LogP contribution in [0.15, 0.2) is 4.21 Å². The molecule has 8 heteroatoms. The van der Waals surface area contributed by atoms with Gasteiger partial charge in [0.05, 0.1) is 17.7 Å². The Hall–Kier alpha value is -0.680. The first-order chi connectivity index (χ1) is 7.36. The third-order valence-electron chi connectivity index (χ3n) is 1.77. The van der Waals surface area contributed by atoms with E-state index in [-0.39, 0.29) is 21.1 Å². The van der Waals surface area contributed by atoms with E-state index < -0.39 is 10.0 Å². The molecular weight excluding hydrogens is 270 g/mol. The number of aromatic nitrogens is 1. The fraction of sp³-hybridized carbons (Fsp3) is 0.500. The maximum atomic E-state index is 11.8. The second kappa shape index (κ2) is 5.10. The Morgan fingerprint density at radius 2 is 2.31 bits per heavy atom. The maximum Gasteiger partial charge on any atom is 0.252 e. The Balaban J connectivity index is 2.87. The molecule has 0 aromatic carbocycles. The van der Waals surface area contributed by atoms with Crippen molar-refractivity contribution < 1.29 is 8.42 Å². The van der Waals surface area contributed by atoms with Crippen LogP contribution in [-0.2, 0) is 10.0 Å². The van der Waals surface area contributed by atoms with Gasteiger partial charge >= 0.3 is 0 Å². The van der Waals surface area contributed by atoms with Crippen molar-refractivity contribution in [3.63, 3.8) is 0 Å². The van der Waals surface area contributed by atoms with E-state index in [1.807, 2.05) is 6.07 Å². The van der Waals surface area contributed by atoms with Gasteiger partial charge in [-0.25, -0.2) is 18.1 Å². The van der Waals surface area contributed by atoms with Crippen molar-refractivity contribution in [2.24, 2.45) is 5.92 Å². The van der Waals surface area contributed by atoms with E-state index in [1.165, 1.54) is 0 Å². The number of hydrogen-bond acceptors (Lipinski definition) is 5. The molecule has 1 aromatic rings. The summed E-state index contributed by atoms with van der Waals surface area (Å²) in [7, 11) is -3.60. The minimum Gasteiger partial charge on any atom is -0.229 e. The molecule has 88 valence electrons. The van der Waals surface area contributed by atoms with Crippen LogP contribution in [0.25, 0.3) is 0 Å². The highest BCUT2D eigenvalue weighted by atomic mass is 35.5. The molecule has 0 aliphatic carbocycles. The van der Waals surface area contributed by atoms with Gasteiger partial charge in [0.15, 0.2) is 8.68 Å². The van der Waals surface area contributed by atoms with Gasteiger partial charge in [0, 0.05) is 6.54 Å². The number of rotatable bonds is 4. The number of nitrogens with zero attached hydrogens (tertiary/aromatic N) is 2. The van der Waals surface area contributed by atoms with Crippen LogP contribution < -0.4 is 4.72 Å². The summed E-state index contributed by atoms with van der Waals surface area (Å²) in [5, 5.41) is 8.55. The summed E-state index contributed by atoms with van der Waals surface area (Å²) in [5.74, 6) is -0.376. The Bertz CT molecular complexity index is 518. The van der Waals surface area contributed by atoms with Crippen molar-refractivity contribution in [1.29, 1.82) is 5.26 Å². The van der Waals surface area contributed by atoms with Crippen molar-refractivity contribution >= 4 is 33.0 Å².